The number of aromatic nitrogens is 2. The minimum atomic E-state index is -0.717. The molecule has 2 aromatic rings. The standard InChI is InChI=1S/C20H29F2N5O/c1-6-23-20(24-9-10-28-18-8-7-16(21)11-17(18)22)26(4)12-15-13-27(5)25-19(15)14(2)3/h7-8,11,13-14H,6,9-10,12H2,1-5H3,(H,23,24). The van der Waals surface area contributed by atoms with Crippen molar-refractivity contribution in [3.05, 3.63) is 47.3 Å². The molecule has 0 aliphatic heterocycles. The molecule has 1 aromatic heterocycles. The second-order valence-electron chi connectivity index (χ2n) is 6.88. The SMILES string of the molecule is CCNC(=NCCOc1ccc(F)cc1F)N(C)Cc1cn(C)nc1C(C)C. The van der Waals surface area contributed by atoms with E-state index in [4.69, 9.17) is 4.74 Å². The molecule has 1 aromatic carbocycles. The molecule has 0 atom stereocenters. The molecule has 0 bridgehead atoms. The Morgan fingerprint density at radius 3 is 2.75 bits per heavy atom. The van der Waals surface area contributed by atoms with Gasteiger partial charge >= 0.3 is 0 Å². The van der Waals surface area contributed by atoms with Gasteiger partial charge in [0.1, 0.15) is 12.4 Å². The van der Waals surface area contributed by atoms with Crippen molar-refractivity contribution in [2.45, 2.75) is 33.2 Å². The molecule has 8 heteroatoms. The lowest BCUT2D eigenvalue weighted by atomic mass is 10.1. The molecule has 0 saturated heterocycles. The number of ether oxygens (including phenoxy) is 1. The summed E-state index contributed by atoms with van der Waals surface area (Å²) < 4.78 is 33.7. The van der Waals surface area contributed by atoms with Gasteiger partial charge in [-0.15, -0.1) is 0 Å². The average Bonchev–Trinajstić information content (AvgIpc) is 2.99. The van der Waals surface area contributed by atoms with E-state index in [0.29, 0.717) is 19.0 Å². The van der Waals surface area contributed by atoms with Gasteiger partial charge in [0.15, 0.2) is 17.5 Å². The number of aryl methyl sites for hydroxylation is 1. The van der Waals surface area contributed by atoms with Crippen molar-refractivity contribution in [2.75, 3.05) is 26.7 Å². The Hall–Kier alpha value is -2.64. The van der Waals surface area contributed by atoms with Crippen molar-refractivity contribution in [2.24, 2.45) is 12.0 Å². The van der Waals surface area contributed by atoms with Crippen LogP contribution in [0.1, 0.15) is 37.9 Å². The topological polar surface area (TPSA) is 54.7 Å². The second kappa shape index (κ2) is 10.1. The van der Waals surface area contributed by atoms with E-state index in [1.54, 1.807) is 0 Å². The van der Waals surface area contributed by atoms with Crippen molar-refractivity contribution in [3.63, 3.8) is 0 Å². The number of nitrogens with zero attached hydrogens (tertiary/aromatic N) is 4. The van der Waals surface area contributed by atoms with Crippen LogP contribution in [0.4, 0.5) is 8.78 Å². The Balaban J connectivity index is 1.99. The van der Waals surface area contributed by atoms with E-state index in [1.165, 1.54) is 12.1 Å². The Morgan fingerprint density at radius 2 is 2.11 bits per heavy atom. The van der Waals surface area contributed by atoms with Gasteiger partial charge < -0.3 is 15.0 Å². The summed E-state index contributed by atoms with van der Waals surface area (Å²) in [7, 11) is 3.87. The van der Waals surface area contributed by atoms with Crippen LogP contribution in [0.15, 0.2) is 29.4 Å². The van der Waals surface area contributed by atoms with Crippen LogP contribution in [0, 0.1) is 11.6 Å². The fraction of sp³-hybridized carbons (Fsp3) is 0.500. The highest BCUT2D eigenvalue weighted by Gasteiger charge is 2.15. The van der Waals surface area contributed by atoms with E-state index >= 15 is 0 Å². The van der Waals surface area contributed by atoms with Gasteiger partial charge in [-0.1, -0.05) is 13.8 Å². The normalized spacial score (nSPS) is 11.8. The Bertz CT molecular complexity index is 804. The zero-order chi connectivity index (χ0) is 20.7. The number of hydrogen-bond acceptors (Lipinski definition) is 3. The first-order chi connectivity index (χ1) is 13.3. The van der Waals surface area contributed by atoms with Crippen molar-refractivity contribution >= 4 is 5.96 Å². The minimum absolute atomic E-state index is 0.0203. The van der Waals surface area contributed by atoms with E-state index in [-0.39, 0.29) is 12.4 Å². The first kappa shape index (κ1) is 21.7. The number of hydrogen-bond donors (Lipinski definition) is 1. The smallest absolute Gasteiger partial charge is 0.194 e. The number of guanidine groups is 1. The summed E-state index contributed by atoms with van der Waals surface area (Å²) in [6, 6.07) is 3.25. The lowest BCUT2D eigenvalue weighted by Gasteiger charge is -2.22. The molecule has 0 aliphatic rings. The van der Waals surface area contributed by atoms with Crippen molar-refractivity contribution in [1.82, 2.24) is 20.0 Å². The van der Waals surface area contributed by atoms with Crippen LogP contribution in [0.2, 0.25) is 0 Å². The van der Waals surface area contributed by atoms with Crippen molar-refractivity contribution in [1.29, 1.82) is 0 Å². The number of benzene rings is 1. The summed E-state index contributed by atoms with van der Waals surface area (Å²) in [5.41, 5.74) is 2.22. The number of aliphatic imine (C=N–C) groups is 1. The fourth-order valence-corrected chi connectivity index (χ4v) is 2.86. The summed E-state index contributed by atoms with van der Waals surface area (Å²) in [6.07, 6.45) is 2.02. The molecule has 0 radical (unpaired) electrons. The summed E-state index contributed by atoms with van der Waals surface area (Å²) in [4.78, 5) is 6.55. The molecular formula is C20H29F2N5O. The van der Waals surface area contributed by atoms with E-state index in [9.17, 15) is 8.78 Å². The van der Waals surface area contributed by atoms with Gasteiger partial charge in [0, 0.05) is 45.0 Å². The van der Waals surface area contributed by atoms with Gasteiger partial charge in [-0.2, -0.15) is 5.10 Å². The third kappa shape index (κ3) is 5.94. The summed E-state index contributed by atoms with van der Waals surface area (Å²) >= 11 is 0. The van der Waals surface area contributed by atoms with Gasteiger partial charge in [-0.3, -0.25) is 4.68 Å². The third-order valence-electron chi connectivity index (χ3n) is 4.09. The predicted octanol–water partition coefficient (Wildman–Crippen LogP) is 3.30. The molecule has 1 heterocycles. The molecule has 6 nitrogen and oxygen atoms in total. The summed E-state index contributed by atoms with van der Waals surface area (Å²) in [6.45, 7) is 8.16. The minimum Gasteiger partial charge on any atom is -0.489 e. The zero-order valence-corrected chi connectivity index (χ0v) is 17.2. The summed E-state index contributed by atoms with van der Waals surface area (Å²) in [5.74, 6) is -0.264. The number of halogens is 2. The Morgan fingerprint density at radius 1 is 1.36 bits per heavy atom. The van der Waals surface area contributed by atoms with Crippen LogP contribution in [0.5, 0.6) is 5.75 Å². The van der Waals surface area contributed by atoms with E-state index < -0.39 is 11.6 Å². The van der Waals surface area contributed by atoms with Gasteiger partial charge in [0.25, 0.3) is 0 Å². The predicted molar refractivity (Wildman–Crippen MR) is 107 cm³/mol. The number of rotatable bonds is 8. The van der Waals surface area contributed by atoms with Gasteiger partial charge in [0.2, 0.25) is 0 Å². The molecule has 0 spiro atoms. The molecule has 0 unspecified atom stereocenters. The second-order valence-corrected chi connectivity index (χ2v) is 6.88. The maximum Gasteiger partial charge on any atom is 0.194 e. The van der Waals surface area contributed by atoms with Crippen LogP contribution in [0.25, 0.3) is 0 Å². The molecule has 154 valence electrons. The summed E-state index contributed by atoms with van der Waals surface area (Å²) in [5, 5.41) is 7.78. The van der Waals surface area contributed by atoms with E-state index in [0.717, 1.165) is 29.8 Å². The first-order valence-electron chi connectivity index (χ1n) is 9.41. The van der Waals surface area contributed by atoms with Crippen LogP contribution in [-0.2, 0) is 13.6 Å². The fourth-order valence-electron chi connectivity index (χ4n) is 2.86. The largest absolute Gasteiger partial charge is 0.489 e. The number of nitrogens with one attached hydrogen (secondary N) is 1. The van der Waals surface area contributed by atoms with Crippen LogP contribution >= 0.6 is 0 Å². The molecule has 0 amide bonds. The highest BCUT2D eigenvalue weighted by Crippen LogP contribution is 2.19. The molecule has 0 saturated carbocycles. The van der Waals surface area contributed by atoms with Gasteiger partial charge in [-0.05, 0) is 25.0 Å². The molecule has 0 fully saturated rings. The van der Waals surface area contributed by atoms with Crippen LogP contribution in [0.3, 0.4) is 0 Å². The highest BCUT2D eigenvalue weighted by atomic mass is 19.1. The third-order valence-corrected chi connectivity index (χ3v) is 4.09. The van der Waals surface area contributed by atoms with E-state index in [2.05, 4.69) is 29.3 Å². The molecule has 0 aliphatic carbocycles. The van der Waals surface area contributed by atoms with Gasteiger partial charge in [-0.25, -0.2) is 13.8 Å². The lowest BCUT2D eigenvalue weighted by molar-refractivity contribution is 0.309. The monoisotopic (exact) mass is 393 g/mol. The molecule has 1 N–H and O–H groups in total. The maximum absolute atomic E-state index is 13.6. The van der Waals surface area contributed by atoms with E-state index in [1.807, 2.05) is 36.8 Å². The highest BCUT2D eigenvalue weighted by molar-refractivity contribution is 5.79. The molecular weight excluding hydrogens is 364 g/mol. The first-order valence-corrected chi connectivity index (χ1v) is 9.41. The maximum atomic E-state index is 13.6. The van der Waals surface area contributed by atoms with Crippen molar-refractivity contribution < 1.29 is 13.5 Å². The molecule has 28 heavy (non-hydrogen) atoms. The lowest BCUT2D eigenvalue weighted by Crippen LogP contribution is -2.39. The Labute approximate surface area is 165 Å². The Kier molecular flexibility index (Phi) is 7.78. The van der Waals surface area contributed by atoms with Crippen LogP contribution < -0.4 is 10.1 Å². The van der Waals surface area contributed by atoms with Crippen molar-refractivity contribution in [3.8, 4) is 5.75 Å². The van der Waals surface area contributed by atoms with Gasteiger partial charge in [0.05, 0.1) is 12.2 Å². The molecule has 2 rings (SSSR count). The van der Waals surface area contributed by atoms with Crippen LogP contribution in [-0.4, -0.2) is 47.4 Å². The quantitative estimate of drug-likeness (QED) is 0.425. The zero-order valence-electron chi connectivity index (χ0n) is 17.2. The average molecular weight is 393 g/mol.